The molecule has 0 radical (unpaired) electrons. The van der Waals surface area contributed by atoms with Crippen molar-refractivity contribution in [3.8, 4) is 11.5 Å². The van der Waals surface area contributed by atoms with E-state index in [4.69, 9.17) is 9.47 Å². The average Bonchev–Trinajstić information content (AvgIpc) is 2.26. The highest BCUT2D eigenvalue weighted by Gasteiger charge is 2.13. The van der Waals surface area contributed by atoms with E-state index in [2.05, 4.69) is 6.92 Å². The number of aryl methyl sites for hydroxylation is 1. The first-order valence-electron chi connectivity index (χ1n) is 5.06. The van der Waals surface area contributed by atoms with Crippen molar-refractivity contribution >= 4 is 0 Å². The van der Waals surface area contributed by atoms with Gasteiger partial charge in [-0.3, -0.25) is 0 Å². The van der Waals surface area contributed by atoms with Gasteiger partial charge in [-0.15, -0.1) is 0 Å². The minimum Gasteiger partial charge on any atom is -0.496 e. The van der Waals surface area contributed by atoms with E-state index in [1.54, 1.807) is 21.1 Å². The van der Waals surface area contributed by atoms with Gasteiger partial charge in [0.1, 0.15) is 11.5 Å². The molecule has 1 rings (SSSR count). The summed E-state index contributed by atoms with van der Waals surface area (Å²) in [5.41, 5.74) is 1.88. The summed E-state index contributed by atoms with van der Waals surface area (Å²) in [4.78, 5) is 0. The third-order valence-corrected chi connectivity index (χ3v) is 2.46. The van der Waals surface area contributed by atoms with E-state index >= 15 is 0 Å². The molecule has 15 heavy (non-hydrogen) atoms. The Morgan fingerprint density at radius 2 is 1.80 bits per heavy atom. The summed E-state index contributed by atoms with van der Waals surface area (Å²) in [5.74, 6) is 1.47. The predicted molar refractivity (Wildman–Crippen MR) is 59.6 cm³/mol. The fourth-order valence-electron chi connectivity index (χ4n) is 1.59. The Morgan fingerprint density at radius 1 is 1.20 bits per heavy atom. The van der Waals surface area contributed by atoms with Crippen molar-refractivity contribution in [2.75, 3.05) is 14.2 Å². The molecule has 1 N–H and O–H groups in total. The Kier molecular flexibility index (Phi) is 3.97. The molecule has 3 nitrogen and oxygen atoms in total. The lowest BCUT2D eigenvalue weighted by Gasteiger charge is -2.15. The maximum Gasteiger partial charge on any atom is 0.128 e. The first-order chi connectivity index (χ1) is 7.13. The van der Waals surface area contributed by atoms with Crippen molar-refractivity contribution in [1.29, 1.82) is 0 Å². The fraction of sp³-hybridized carbons (Fsp3) is 0.500. The number of aliphatic hydroxyl groups excluding tert-OH is 1. The van der Waals surface area contributed by atoms with Crippen molar-refractivity contribution in [2.45, 2.75) is 26.4 Å². The summed E-state index contributed by atoms with van der Waals surface area (Å²) in [5, 5.41) is 9.60. The maximum atomic E-state index is 9.60. The second-order valence-corrected chi connectivity index (χ2v) is 3.44. The SMILES string of the molecule is CCc1cc(C(C)O)c(OC)cc1OC. The summed E-state index contributed by atoms with van der Waals surface area (Å²) >= 11 is 0. The highest BCUT2D eigenvalue weighted by atomic mass is 16.5. The van der Waals surface area contributed by atoms with Gasteiger partial charge < -0.3 is 14.6 Å². The number of benzene rings is 1. The third kappa shape index (κ3) is 2.42. The highest BCUT2D eigenvalue weighted by molar-refractivity contribution is 5.47. The van der Waals surface area contributed by atoms with Crippen LogP contribution in [0.5, 0.6) is 11.5 Å². The van der Waals surface area contributed by atoms with Crippen molar-refractivity contribution in [3.63, 3.8) is 0 Å². The molecule has 0 aliphatic heterocycles. The molecule has 1 aromatic carbocycles. The summed E-state index contributed by atoms with van der Waals surface area (Å²) in [6, 6.07) is 3.75. The zero-order valence-electron chi connectivity index (χ0n) is 9.70. The number of ether oxygens (including phenoxy) is 2. The van der Waals surface area contributed by atoms with Crippen LogP contribution in [-0.2, 0) is 6.42 Å². The molecule has 84 valence electrons. The van der Waals surface area contributed by atoms with Crippen LogP contribution in [0.4, 0.5) is 0 Å². The van der Waals surface area contributed by atoms with E-state index < -0.39 is 6.10 Å². The zero-order chi connectivity index (χ0) is 11.4. The Bertz CT molecular complexity index is 332. The molecule has 0 spiro atoms. The quantitative estimate of drug-likeness (QED) is 0.828. The van der Waals surface area contributed by atoms with Crippen LogP contribution in [0.3, 0.4) is 0 Å². The number of hydrogen-bond donors (Lipinski definition) is 1. The Hall–Kier alpha value is -1.22. The van der Waals surface area contributed by atoms with E-state index in [1.165, 1.54) is 0 Å². The molecule has 0 aromatic heterocycles. The van der Waals surface area contributed by atoms with E-state index in [0.29, 0.717) is 5.75 Å². The van der Waals surface area contributed by atoms with Crippen LogP contribution < -0.4 is 9.47 Å². The van der Waals surface area contributed by atoms with Crippen molar-refractivity contribution in [2.24, 2.45) is 0 Å². The molecule has 0 aliphatic carbocycles. The monoisotopic (exact) mass is 210 g/mol. The second-order valence-electron chi connectivity index (χ2n) is 3.44. The minimum atomic E-state index is -0.531. The van der Waals surface area contributed by atoms with Gasteiger partial charge in [0, 0.05) is 11.6 Å². The molecule has 0 amide bonds. The Morgan fingerprint density at radius 3 is 2.20 bits per heavy atom. The highest BCUT2D eigenvalue weighted by Crippen LogP contribution is 2.32. The van der Waals surface area contributed by atoms with E-state index in [9.17, 15) is 5.11 Å². The van der Waals surface area contributed by atoms with Crippen LogP contribution in [0.25, 0.3) is 0 Å². The zero-order valence-corrected chi connectivity index (χ0v) is 9.70. The number of methoxy groups -OCH3 is 2. The molecule has 0 fully saturated rings. The Labute approximate surface area is 90.6 Å². The van der Waals surface area contributed by atoms with Crippen LogP contribution in [0.15, 0.2) is 12.1 Å². The molecular formula is C12H18O3. The maximum absolute atomic E-state index is 9.60. The Balaban J connectivity index is 3.27. The predicted octanol–water partition coefficient (Wildman–Crippen LogP) is 2.32. The minimum absolute atomic E-state index is 0.531. The molecule has 0 saturated carbocycles. The van der Waals surface area contributed by atoms with Gasteiger partial charge in [-0.25, -0.2) is 0 Å². The first kappa shape index (κ1) is 11.9. The van der Waals surface area contributed by atoms with Gasteiger partial charge in [0.15, 0.2) is 0 Å². The van der Waals surface area contributed by atoms with Crippen molar-refractivity contribution in [1.82, 2.24) is 0 Å². The standard InChI is InChI=1S/C12H18O3/c1-5-9-6-10(8(2)13)12(15-4)7-11(9)14-3/h6-8,13H,5H2,1-4H3. The molecule has 0 aliphatic rings. The summed E-state index contributed by atoms with van der Waals surface area (Å²) in [6.07, 6.45) is 0.337. The largest absolute Gasteiger partial charge is 0.496 e. The van der Waals surface area contributed by atoms with Gasteiger partial charge in [0.2, 0.25) is 0 Å². The summed E-state index contributed by atoms with van der Waals surface area (Å²) in [6.45, 7) is 3.78. The van der Waals surface area contributed by atoms with Gasteiger partial charge in [0.25, 0.3) is 0 Å². The van der Waals surface area contributed by atoms with Gasteiger partial charge in [-0.2, -0.15) is 0 Å². The van der Waals surface area contributed by atoms with E-state index in [-0.39, 0.29) is 0 Å². The van der Waals surface area contributed by atoms with E-state index in [1.807, 2.05) is 12.1 Å². The smallest absolute Gasteiger partial charge is 0.128 e. The van der Waals surface area contributed by atoms with E-state index in [0.717, 1.165) is 23.3 Å². The third-order valence-electron chi connectivity index (χ3n) is 2.46. The van der Waals surface area contributed by atoms with Crippen molar-refractivity contribution < 1.29 is 14.6 Å². The first-order valence-corrected chi connectivity index (χ1v) is 5.06. The molecule has 1 unspecified atom stereocenters. The lowest BCUT2D eigenvalue weighted by atomic mass is 10.0. The molecule has 0 heterocycles. The van der Waals surface area contributed by atoms with Crippen LogP contribution >= 0.6 is 0 Å². The number of rotatable bonds is 4. The molecule has 0 bridgehead atoms. The second kappa shape index (κ2) is 5.03. The molecule has 1 atom stereocenters. The van der Waals surface area contributed by atoms with Crippen LogP contribution in [0.2, 0.25) is 0 Å². The van der Waals surface area contributed by atoms with Crippen LogP contribution in [0, 0.1) is 0 Å². The van der Waals surface area contributed by atoms with Gasteiger partial charge >= 0.3 is 0 Å². The van der Waals surface area contributed by atoms with Gasteiger partial charge in [-0.1, -0.05) is 6.92 Å². The lowest BCUT2D eigenvalue weighted by molar-refractivity contribution is 0.194. The summed E-state index contributed by atoms with van der Waals surface area (Å²) in [7, 11) is 3.22. The normalized spacial score (nSPS) is 12.3. The van der Waals surface area contributed by atoms with Gasteiger partial charge in [-0.05, 0) is 25.0 Å². The fourth-order valence-corrected chi connectivity index (χ4v) is 1.59. The average molecular weight is 210 g/mol. The number of aliphatic hydroxyl groups is 1. The molecule has 3 heteroatoms. The number of hydrogen-bond acceptors (Lipinski definition) is 3. The lowest BCUT2D eigenvalue weighted by Crippen LogP contribution is -2.00. The topological polar surface area (TPSA) is 38.7 Å². The van der Waals surface area contributed by atoms with Crippen LogP contribution in [0.1, 0.15) is 31.1 Å². The molecule has 1 aromatic rings. The van der Waals surface area contributed by atoms with Crippen LogP contribution in [-0.4, -0.2) is 19.3 Å². The van der Waals surface area contributed by atoms with Crippen molar-refractivity contribution in [3.05, 3.63) is 23.3 Å². The van der Waals surface area contributed by atoms with Gasteiger partial charge in [0.05, 0.1) is 20.3 Å². The molecule has 0 saturated heterocycles. The summed E-state index contributed by atoms with van der Waals surface area (Å²) < 4.78 is 10.5. The molecular weight excluding hydrogens is 192 g/mol.